The van der Waals surface area contributed by atoms with E-state index in [1.807, 2.05) is 0 Å². The van der Waals surface area contributed by atoms with Crippen molar-refractivity contribution in [2.75, 3.05) is 38.5 Å². The molecule has 1 heterocycles. The van der Waals surface area contributed by atoms with E-state index in [-0.39, 0.29) is 29.1 Å². The highest BCUT2D eigenvalue weighted by Gasteiger charge is 2.22. The second kappa shape index (κ2) is 7.45. The maximum absolute atomic E-state index is 12.1. The fourth-order valence-corrected chi connectivity index (χ4v) is 3.55. The normalized spacial score (nSPS) is 15.3. The molecule has 23 heavy (non-hydrogen) atoms. The summed E-state index contributed by atoms with van der Waals surface area (Å²) in [6.45, 7) is 3.48. The number of hydrogen-bond donors (Lipinski definition) is 1. The molecule has 1 aromatic carbocycles. The number of carbonyl (C=O) groups is 2. The van der Waals surface area contributed by atoms with Gasteiger partial charge in [-0.15, -0.1) is 0 Å². The number of benzene rings is 1. The number of piperazine rings is 1. The van der Waals surface area contributed by atoms with Crippen LogP contribution in [0.5, 0.6) is 0 Å². The highest BCUT2D eigenvalue weighted by Crippen LogP contribution is 2.09. The summed E-state index contributed by atoms with van der Waals surface area (Å²) in [4.78, 5) is 26.8. The highest BCUT2D eigenvalue weighted by molar-refractivity contribution is 7.91. The molecular formula is C15H21N3O4S. The van der Waals surface area contributed by atoms with Gasteiger partial charge in [0.1, 0.15) is 0 Å². The molecule has 0 saturated carbocycles. The quantitative estimate of drug-likeness (QED) is 0.857. The van der Waals surface area contributed by atoms with Crippen LogP contribution in [-0.2, 0) is 14.6 Å². The summed E-state index contributed by atoms with van der Waals surface area (Å²) in [5, 5.41) is 2.63. The van der Waals surface area contributed by atoms with Crippen LogP contribution < -0.4 is 5.32 Å². The molecule has 2 rings (SSSR count). The van der Waals surface area contributed by atoms with Crippen LogP contribution in [0.25, 0.3) is 0 Å². The van der Waals surface area contributed by atoms with Gasteiger partial charge in [0.2, 0.25) is 5.91 Å². The Bertz CT molecular complexity index is 653. The third kappa shape index (κ3) is 4.69. The minimum Gasteiger partial charge on any atom is -0.339 e. The van der Waals surface area contributed by atoms with Gasteiger partial charge in [-0.3, -0.25) is 4.79 Å². The van der Waals surface area contributed by atoms with Gasteiger partial charge < -0.3 is 15.1 Å². The molecule has 0 aliphatic carbocycles. The van der Waals surface area contributed by atoms with E-state index >= 15 is 0 Å². The molecule has 1 aliphatic rings. The van der Waals surface area contributed by atoms with Crippen molar-refractivity contribution in [3.05, 3.63) is 30.3 Å². The summed E-state index contributed by atoms with van der Waals surface area (Å²) in [5.74, 6) is -0.144. The van der Waals surface area contributed by atoms with Crippen LogP contribution >= 0.6 is 0 Å². The predicted molar refractivity (Wildman–Crippen MR) is 85.7 cm³/mol. The van der Waals surface area contributed by atoms with Crippen molar-refractivity contribution >= 4 is 21.8 Å². The smallest absolute Gasteiger partial charge is 0.317 e. The number of rotatable bonds is 4. The van der Waals surface area contributed by atoms with E-state index in [1.165, 1.54) is 19.1 Å². The standard InChI is InChI=1S/C15H21N3O4S/c1-13(19)17-8-10-18(11-9-17)15(20)16-7-12-23(21,22)14-5-3-2-4-6-14/h2-6H,7-12H2,1H3,(H,16,20). The maximum atomic E-state index is 12.1. The van der Waals surface area contributed by atoms with Crippen molar-refractivity contribution in [3.63, 3.8) is 0 Å². The average molecular weight is 339 g/mol. The molecule has 0 aromatic heterocycles. The molecule has 0 atom stereocenters. The second-order valence-electron chi connectivity index (χ2n) is 5.36. The molecule has 1 saturated heterocycles. The molecule has 3 amide bonds. The average Bonchev–Trinajstić information content (AvgIpc) is 2.55. The van der Waals surface area contributed by atoms with Crippen LogP contribution in [0, 0.1) is 0 Å². The lowest BCUT2D eigenvalue weighted by molar-refractivity contribution is -0.130. The number of urea groups is 1. The molecule has 1 N–H and O–H groups in total. The van der Waals surface area contributed by atoms with E-state index in [0.29, 0.717) is 26.2 Å². The molecule has 8 heteroatoms. The summed E-state index contributed by atoms with van der Waals surface area (Å²) in [7, 11) is -3.39. The van der Waals surface area contributed by atoms with Gasteiger partial charge in [0.25, 0.3) is 0 Å². The van der Waals surface area contributed by atoms with Gasteiger partial charge in [0.05, 0.1) is 10.6 Å². The Morgan fingerprint density at radius 2 is 1.61 bits per heavy atom. The minimum atomic E-state index is -3.39. The predicted octanol–water partition coefficient (Wildman–Crippen LogP) is 0.334. The SMILES string of the molecule is CC(=O)N1CCN(C(=O)NCCS(=O)(=O)c2ccccc2)CC1. The number of hydrogen-bond acceptors (Lipinski definition) is 4. The van der Waals surface area contributed by atoms with E-state index in [2.05, 4.69) is 5.32 Å². The third-order valence-electron chi connectivity index (χ3n) is 3.76. The Kier molecular flexibility index (Phi) is 5.59. The summed E-state index contributed by atoms with van der Waals surface area (Å²) in [5.41, 5.74) is 0. The fraction of sp³-hybridized carbons (Fsp3) is 0.467. The molecular weight excluding hydrogens is 318 g/mol. The van der Waals surface area contributed by atoms with Crippen LogP contribution in [0.4, 0.5) is 4.79 Å². The van der Waals surface area contributed by atoms with Gasteiger partial charge >= 0.3 is 6.03 Å². The van der Waals surface area contributed by atoms with Gasteiger partial charge in [-0.25, -0.2) is 13.2 Å². The van der Waals surface area contributed by atoms with E-state index < -0.39 is 9.84 Å². The van der Waals surface area contributed by atoms with Crippen molar-refractivity contribution in [3.8, 4) is 0 Å². The van der Waals surface area contributed by atoms with Gasteiger partial charge in [-0.05, 0) is 12.1 Å². The van der Waals surface area contributed by atoms with Crippen LogP contribution in [0.1, 0.15) is 6.92 Å². The van der Waals surface area contributed by atoms with Crippen LogP contribution in [0.2, 0.25) is 0 Å². The minimum absolute atomic E-state index is 0.000914. The van der Waals surface area contributed by atoms with Crippen LogP contribution in [0.15, 0.2) is 35.2 Å². The topological polar surface area (TPSA) is 86.8 Å². The Morgan fingerprint density at radius 1 is 1.04 bits per heavy atom. The number of sulfone groups is 1. The van der Waals surface area contributed by atoms with Crippen LogP contribution in [-0.4, -0.2) is 68.6 Å². The van der Waals surface area contributed by atoms with Crippen LogP contribution in [0.3, 0.4) is 0 Å². The zero-order chi connectivity index (χ0) is 16.9. The van der Waals surface area contributed by atoms with Crippen molar-refractivity contribution in [2.45, 2.75) is 11.8 Å². The molecule has 1 aromatic rings. The zero-order valence-electron chi connectivity index (χ0n) is 13.1. The number of carbonyl (C=O) groups excluding carboxylic acids is 2. The third-order valence-corrected chi connectivity index (χ3v) is 5.49. The Hall–Kier alpha value is -2.09. The molecule has 7 nitrogen and oxygen atoms in total. The summed E-state index contributed by atoms with van der Waals surface area (Å²) >= 11 is 0. The zero-order valence-corrected chi connectivity index (χ0v) is 13.9. The molecule has 0 radical (unpaired) electrons. The fourth-order valence-electron chi connectivity index (χ4n) is 2.37. The van der Waals surface area contributed by atoms with E-state index in [0.717, 1.165) is 0 Å². The number of amides is 3. The van der Waals surface area contributed by atoms with Gasteiger partial charge in [0, 0.05) is 39.6 Å². The molecule has 0 bridgehead atoms. The Morgan fingerprint density at radius 3 is 2.17 bits per heavy atom. The monoisotopic (exact) mass is 339 g/mol. The molecule has 1 fully saturated rings. The van der Waals surface area contributed by atoms with Crippen molar-refractivity contribution in [2.24, 2.45) is 0 Å². The van der Waals surface area contributed by atoms with Crippen molar-refractivity contribution < 1.29 is 18.0 Å². The summed E-state index contributed by atoms with van der Waals surface area (Å²) in [6.07, 6.45) is 0. The van der Waals surface area contributed by atoms with Gasteiger partial charge in [-0.2, -0.15) is 0 Å². The van der Waals surface area contributed by atoms with Gasteiger partial charge in [0.15, 0.2) is 9.84 Å². The first-order chi connectivity index (χ1) is 10.9. The van der Waals surface area contributed by atoms with E-state index in [1.54, 1.807) is 28.0 Å². The second-order valence-corrected chi connectivity index (χ2v) is 7.47. The first-order valence-corrected chi connectivity index (χ1v) is 9.11. The van der Waals surface area contributed by atoms with E-state index in [9.17, 15) is 18.0 Å². The highest BCUT2D eigenvalue weighted by atomic mass is 32.2. The lowest BCUT2D eigenvalue weighted by Gasteiger charge is -2.34. The Labute approximate surface area is 136 Å². The number of nitrogens with one attached hydrogen (secondary N) is 1. The molecule has 126 valence electrons. The Balaban J connectivity index is 1.78. The lowest BCUT2D eigenvalue weighted by atomic mass is 10.3. The largest absolute Gasteiger partial charge is 0.339 e. The lowest BCUT2D eigenvalue weighted by Crippen LogP contribution is -2.53. The summed E-state index contributed by atoms with van der Waals surface area (Å²) in [6, 6.07) is 7.87. The first-order valence-electron chi connectivity index (χ1n) is 7.46. The first kappa shape index (κ1) is 17.3. The maximum Gasteiger partial charge on any atom is 0.317 e. The van der Waals surface area contributed by atoms with Gasteiger partial charge in [-0.1, -0.05) is 18.2 Å². The molecule has 1 aliphatic heterocycles. The van der Waals surface area contributed by atoms with Crippen molar-refractivity contribution in [1.82, 2.24) is 15.1 Å². The summed E-state index contributed by atoms with van der Waals surface area (Å²) < 4.78 is 24.2. The molecule has 0 spiro atoms. The van der Waals surface area contributed by atoms with Crippen molar-refractivity contribution in [1.29, 1.82) is 0 Å². The van der Waals surface area contributed by atoms with E-state index in [4.69, 9.17) is 0 Å². The number of nitrogens with zero attached hydrogens (tertiary/aromatic N) is 2. The molecule has 0 unspecified atom stereocenters.